The predicted molar refractivity (Wildman–Crippen MR) is 77.6 cm³/mol. The second-order valence-electron chi connectivity index (χ2n) is 4.12. The molecule has 0 bridgehead atoms. The molecule has 0 aliphatic carbocycles. The molecule has 1 heterocycles. The number of nitrogen functional groups attached to an aromatic ring is 1. The number of anilines is 1. The number of H-pyrrole nitrogens is 1. The first-order valence-electron chi connectivity index (χ1n) is 5.81. The minimum Gasteiger partial charge on any atom is -0.497 e. The zero-order valence-electron chi connectivity index (χ0n) is 10.4. The average Bonchev–Trinajstić information content (AvgIpc) is 2.87. The first-order chi connectivity index (χ1) is 9.26. The summed E-state index contributed by atoms with van der Waals surface area (Å²) >= 11 is 1.62. The molecule has 3 aromatic rings. The van der Waals surface area contributed by atoms with Crippen LogP contribution in [0.25, 0.3) is 10.9 Å². The Morgan fingerprint density at radius 3 is 2.74 bits per heavy atom. The zero-order chi connectivity index (χ0) is 13.2. The van der Waals surface area contributed by atoms with Gasteiger partial charge >= 0.3 is 0 Å². The molecule has 0 atom stereocenters. The maximum atomic E-state index is 6.06. The smallest absolute Gasteiger partial charge is 0.118 e. The van der Waals surface area contributed by atoms with Crippen molar-refractivity contribution < 1.29 is 4.74 Å². The van der Waals surface area contributed by atoms with E-state index in [1.165, 1.54) is 0 Å². The van der Waals surface area contributed by atoms with Gasteiger partial charge in [0.05, 0.1) is 18.8 Å². The molecule has 0 aliphatic rings. The number of aromatic nitrogens is 2. The monoisotopic (exact) mass is 271 g/mol. The molecule has 0 radical (unpaired) electrons. The molecular formula is C14H13N3OS. The lowest BCUT2D eigenvalue weighted by atomic mass is 10.2. The summed E-state index contributed by atoms with van der Waals surface area (Å²) in [5.41, 5.74) is 7.81. The lowest BCUT2D eigenvalue weighted by Gasteiger charge is -2.06. The van der Waals surface area contributed by atoms with Crippen LogP contribution < -0.4 is 10.5 Å². The van der Waals surface area contributed by atoms with Crippen LogP contribution in [-0.4, -0.2) is 17.3 Å². The molecule has 5 heteroatoms. The second-order valence-corrected chi connectivity index (χ2v) is 5.24. The van der Waals surface area contributed by atoms with Gasteiger partial charge in [0.2, 0.25) is 0 Å². The molecule has 19 heavy (non-hydrogen) atoms. The summed E-state index contributed by atoms with van der Waals surface area (Å²) in [7, 11) is 1.66. The van der Waals surface area contributed by atoms with Gasteiger partial charge in [0.15, 0.2) is 0 Å². The fourth-order valence-electron chi connectivity index (χ4n) is 1.85. The number of aromatic amines is 1. The summed E-state index contributed by atoms with van der Waals surface area (Å²) in [4.78, 5) is 2.13. The maximum Gasteiger partial charge on any atom is 0.118 e. The second kappa shape index (κ2) is 4.85. The molecule has 0 saturated carbocycles. The Kier molecular flexibility index (Phi) is 3.05. The molecule has 4 nitrogen and oxygen atoms in total. The molecule has 96 valence electrons. The van der Waals surface area contributed by atoms with Gasteiger partial charge in [0.1, 0.15) is 5.75 Å². The molecule has 0 unspecified atom stereocenters. The van der Waals surface area contributed by atoms with Crippen molar-refractivity contribution in [2.75, 3.05) is 12.8 Å². The largest absolute Gasteiger partial charge is 0.497 e. The van der Waals surface area contributed by atoms with E-state index in [1.54, 1.807) is 25.1 Å². The quantitative estimate of drug-likeness (QED) is 0.717. The minimum absolute atomic E-state index is 0.759. The molecule has 2 aromatic carbocycles. The van der Waals surface area contributed by atoms with Crippen molar-refractivity contribution in [3.05, 3.63) is 42.6 Å². The standard InChI is InChI=1S/C14H13N3OS/c1-18-10-2-4-11(5-3-10)19-14-7-13-9(6-12(14)15)8-16-17-13/h2-8H,15H2,1H3,(H,16,17). The Balaban J connectivity index is 1.92. The normalized spacial score (nSPS) is 10.8. The number of ether oxygens (including phenoxy) is 1. The van der Waals surface area contributed by atoms with Gasteiger partial charge in [-0.15, -0.1) is 0 Å². The topological polar surface area (TPSA) is 63.9 Å². The number of hydrogen-bond acceptors (Lipinski definition) is 4. The molecule has 0 fully saturated rings. The van der Waals surface area contributed by atoms with Gasteiger partial charge in [0.25, 0.3) is 0 Å². The van der Waals surface area contributed by atoms with Gasteiger partial charge in [-0.05, 0) is 36.4 Å². The zero-order valence-corrected chi connectivity index (χ0v) is 11.2. The summed E-state index contributed by atoms with van der Waals surface area (Å²) in [5.74, 6) is 0.848. The van der Waals surface area contributed by atoms with Crippen molar-refractivity contribution in [3.63, 3.8) is 0 Å². The highest BCUT2D eigenvalue weighted by Gasteiger charge is 2.06. The number of methoxy groups -OCH3 is 1. The average molecular weight is 271 g/mol. The van der Waals surface area contributed by atoms with E-state index in [0.717, 1.165) is 32.1 Å². The van der Waals surface area contributed by atoms with Crippen molar-refractivity contribution in [1.82, 2.24) is 10.2 Å². The van der Waals surface area contributed by atoms with Crippen LogP contribution in [0.15, 0.2) is 52.4 Å². The van der Waals surface area contributed by atoms with E-state index in [1.807, 2.05) is 36.4 Å². The lowest BCUT2D eigenvalue weighted by Crippen LogP contribution is -1.88. The minimum atomic E-state index is 0.759. The van der Waals surface area contributed by atoms with Gasteiger partial charge in [0, 0.05) is 20.9 Å². The third-order valence-electron chi connectivity index (χ3n) is 2.86. The number of benzene rings is 2. The summed E-state index contributed by atoms with van der Waals surface area (Å²) < 4.78 is 5.14. The van der Waals surface area contributed by atoms with Crippen LogP contribution in [-0.2, 0) is 0 Å². The van der Waals surface area contributed by atoms with Crippen LogP contribution in [0.2, 0.25) is 0 Å². The Labute approximate surface area is 115 Å². The highest BCUT2D eigenvalue weighted by Crippen LogP contribution is 2.35. The van der Waals surface area contributed by atoms with Gasteiger partial charge in [-0.25, -0.2) is 0 Å². The van der Waals surface area contributed by atoms with Gasteiger partial charge in [-0.1, -0.05) is 11.8 Å². The van der Waals surface area contributed by atoms with E-state index < -0.39 is 0 Å². The number of fused-ring (bicyclic) bond motifs is 1. The van der Waals surface area contributed by atoms with Gasteiger partial charge in [-0.2, -0.15) is 5.10 Å². The van der Waals surface area contributed by atoms with Crippen molar-refractivity contribution in [3.8, 4) is 5.75 Å². The SMILES string of the molecule is COc1ccc(Sc2cc3[nH]ncc3cc2N)cc1. The lowest BCUT2D eigenvalue weighted by molar-refractivity contribution is 0.414. The molecule has 0 saturated heterocycles. The van der Waals surface area contributed by atoms with Crippen molar-refractivity contribution in [1.29, 1.82) is 0 Å². The molecular weight excluding hydrogens is 258 g/mol. The molecule has 3 N–H and O–H groups in total. The van der Waals surface area contributed by atoms with E-state index in [0.29, 0.717) is 0 Å². The Morgan fingerprint density at radius 2 is 2.00 bits per heavy atom. The fraction of sp³-hybridized carbons (Fsp3) is 0.0714. The summed E-state index contributed by atoms with van der Waals surface area (Å²) in [6, 6.07) is 11.9. The number of nitrogens with one attached hydrogen (secondary N) is 1. The first kappa shape index (κ1) is 11.9. The van der Waals surface area contributed by atoms with E-state index in [9.17, 15) is 0 Å². The van der Waals surface area contributed by atoms with Crippen LogP contribution in [0.4, 0.5) is 5.69 Å². The third kappa shape index (κ3) is 2.37. The molecule has 1 aromatic heterocycles. The fourth-order valence-corrected chi connectivity index (χ4v) is 2.73. The summed E-state index contributed by atoms with van der Waals surface area (Å²) in [6.45, 7) is 0. The summed E-state index contributed by atoms with van der Waals surface area (Å²) in [5, 5.41) is 7.98. The maximum absolute atomic E-state index is 6.06. The van der Waals surface area contributed by atoms with Crippen molar-refractivity contribution in [2.24, 2.45) is 0 Å². The van der Waals surface area contributed by atoms with E-state index >= 15 is 0 Å². The van der Waals surface area contributed by atoms with E-state index in [4.69, 9.17) is 10.5 Å². The van der Waals surface area contributed by atoms with Crippen LogP contribution in [0, 0.1) is 0 Å². The number of nitrogens with two attached hydrogens (primary N) is 1. The van der Waals surface area contributed by atoms with Crippen molar-refractivity contribution in [2.45, 2.75) is 9.79 Å². The van der Waals surface area contributed by atoms with E-state index in [2.05, 4.69) is 10.2 Å². The summed E-state index contributed by atoms with van der Waals surface area (Å²) in [6.07, 6.45) is 1.77. The number of rotatable bonds is 3. The van der Waals surface area contributed by atoms with Crippen LogP contribution in [0.5, 0.6) is 5.75 Å². The van der Waals surface area contributed by atoms with Gasteiger partial charge in [-0.3, -0.25) is 5.10 Å². The number of hydrogen-bond donors (Lipinski definition) is 2. The van der Waals surface area contributed by atoms with E-state index in [-0.39, 0.29) is 0 Å². The van der Waals surface area contributed by atoms with Crippen LogP contribution >= 0.6 is 11.8 Å². The van der Waals surface area contributed by atoms with Gasteiger partial charge < -0.3 is 10.5 Å². The third-order valence-corrected chi connectivity index (χ3v) is 3.94. The Bertz CT molecular complexity index is 706. The molecule has 3 rings (SSSR count). The first-order valence-corrected chi connectivity index (χ1v) is 6.62. The van der Waals surface area contributed by atoms with Crippen LogP contribution in [0.3, 0.4) is 0 Å². The molecule has 0 amide bonds. The molecule has 0 aliphatic heterocycles. The van der Waals surface area contributed by atoms with Crippen LogP contribution in [0.1, 0.15) is 0 Å². The van der Waals surface area contributed by atoms with Crippen molar-refractivity contribution >= 4 is 28.4 Å². The Morgan fingerprint density at radius 1 is 1.21 bits per heavy atom. The highest BCUT2D eigenvalue weighted by atomic mass is 32.2. The Hall–Kier alpha value is -2.14. The highest BCUT2D eigenvalue weighted by molar-refractivity contribution is 7.99. The number of nitrogens with zero attached hydrogens (tertiary/aromatic N) is 1. The molecule has 0 spiro atoms. The predicted octanol–water partition coefficient (Wildman–Crippen LogP) is 3.30.